The van der Waals surface area contributed by atoms with Gasteiger partial charge in [0.15, 0.2) is 17.3 Å². The summed E-state index contributed by atoms with van der Waals surface area (Å²) in [5, 5.41) is 3.90. The van der Waals surface area contributed by atoms with Gasteiger partial charge >= 0.3 is 0 Å². The Bertz CT molecular complexity index is 751. The van der Waals surface area contributed by atoms with Crippen molar-refractivity contribution in [2.45, 2.75) is 38.8 Å². The lowest BCUT2D eigenvalue weighted by Crippen LogP contribution is -2.30. The highest BCUT2D eigenvalue weighted by molar-refractivity contribution is 5.85. The number of hydrogen-bond acceptors (Lipinski definition) is 7. The topological polar surface area (TPSA) is 104 Å². The Morgan fingerprint density at radius 2 is 1.93 bits per heavy atom. The number of nitrogens with zero attached hydrogens (tertiary/aromatic N) is 3. The predicted octanol–water partition coefficient (Wildman–Crippen LogP) is 2.68. The third-order valence-corrected chi connectivity index (χ3v) is 4.01. The molecule has 0 radical (unpaired) electrons. The van der Waals surface area contributed by atoms with Crippen LogP contribution in [0.25, 0.3) is 0 Å². The zero-order valence-corrected chi connectivity index (χ0v) is 17.1. The van der Waals surface area contributed by atoms with Gasteiger partial charge in [-0.3, -0.25) is 4.79 Å². The zero-order chi connectivity index (χ0) is 19.3. The first-order valence-electron chi connectivity index (χ1n) is 8.39. The third kappa shape index (κ3) is 5.83. The van der Waals surface area contributed by atoms with Crippen LogP contribution in [0.4, 0.5) is 0 Å². The smallest absolute Gasteiger partial charge is 0.229 e. The van der Waals surface area contributed by atoms with Crippen molar-refractivity contribution < 1.29 is 18.8 Å². The van der Waals surface area contributed by atoms with Crippen molar-refractivity contribution in [1.29, 1.82) is 0 Å². The highest BCUT2D eigenvalue weighted by Crippen LogP contribution is 2.30. The quantitative estimate of drug-likeness (QED) is 0.728. The first-order valence-corrected chi connectivity index (χ1v) is 8.39. The number of methoxy groups -OCH3 is 2. The van der Waals surface area contributed by atoms with E-state index in [2.05, 4.69) is 10.1 Å². The Morgan fingerprint density at radius 3 is 2.48 bits per heavy atom. The molecule has 9 heteroatoms. The van der Waals surface area contributed by atoms with Gasteiger partial charge < -0.3 is 24.6 Å². The molecule has 0 aliphatic carbocycles. The molecule has 0 bridgehead atoms. The summed E-state index contributed by atoms with van der Waals surface area (Å²) in [5.74, 6) is 2.27. The lowest BCUT2D eigenvalue weighted by atomic mass is 10.0. The average Bonchev–Trinajstić information content (AvgIpc) is 3.09. The van der Waals surface area contributed by atoms with Crippen LogP contribution in [0.3, 0.4) is 0 Å². The first-order chi connectivity index (χ1) is 12.3. The fourth-order valence-corrected chi connectivity index (χ4v) is 2.41. The summed E-state index contributed by atoms with van der Waals surface area (Å²) in [5.41, 5.74) is 6.99. The molecule has 27 heavy (non-hydrogen) atoms. The van der Waals surface area contributed by atoms with Crippen LogP contribution in [-0.4, -0.2) is 42.2 Å². The summed E-state index contributed by atoms with van der Waals surface area (Å²) in [6.07, 6.45) is 0.154. The maximum atomic E-state index is 12.5. The molecule has 1 aromatic heterocycles. The van der Waals surface area contributed by atoms with Gasteiger partial charge in [0.05, 0.1) is 20.8 Å². The number of benzene rings is 1. The summed E-state index contributed by atoms with van der Waals surface area (Å²) in [7, 11) is 4.82. The van der Waals surface area contributed by atoms with Gasteiger partial charge in [-0.15, -0.1) is 12.4 Å². The molecule has 0 aliphatic heterocycles. The molecule has 1 heterocycles. The summed E-state index contributed by atoms with van der Waals surface area (Å²) >= 11 is 0. The van der Waals surface area contributed by atoms with Crippen molar-refractivity contribution in [3.05, 3.63) is 35.5 Å². The van der Waals surface area contributed by atoms with Crippen LogP contribution in [-0.2, 0) is 11.3 Å². The van der Waals surface area contributed by atoms with E-state index < -0.39 is 6.04 Å². The van der Waals surface area contributed by atoms with E-state index in [1.807, 2.05) is 19.9 Å². The molecule has 1 atom stereocenters. The van der Waals surface area contributed by atoms with Crippen molar-refractivity contribution in [3.63, 3.8) is 0 Å². The maximum absolute atomic E-state index is 12.5. The third-order valence-electron chi connectivity index (χ3n) is 4.01. The number of rotatable bonds is 8. The molecule has 0 saturated carbocycles. The molecule has 2 rings (SSSR count). The number of halogens is 1. The molecule has 0 aliphatic rings. The van der Waals surface area contributed by atoms with E-state index >= 15 is 0 Å². The van der Waals surface area contributed by atoms with Gasteiger partial charge in [-0.25, -0.2) is 0 Å². The number of hydrogen-bond donors (Lipinski definition) is 1. The standard InChI is InChI=1S/C18H26N4O4.ClH/c1-11(2)18-20-16(21-26-18)10-22(3)17(23)9-13(19)12-6-7-14(24-4)15(8-12)25-5;/h6-8,11,13H,9-10,19H2,1-5H3;1H. The summed E-state index contributed by atoms with van der Waals surface area (Å²) in [4.78, 5) is 18.3. The minimum absolute atomic E-state index is 0. The Balaban J connectivity index is 0.00000364. The lowest BCUT2D eigenvalue weighted by molar-refractivity contribution is -0.130. The molecule has 1 aromatic carbocycles. The Morgan fingerprint density at radius 1 is 1.26 bits per heavy atom. The van der Waals surface area contributed by atoms with E-state index in [0.717, 1.165) is 5.56 Å². The number of carbonyl (C=O) groups excluding carboxylic acids is 1. The van der Waals surface area contributed by atoms with Gasteiger partial charge in [-0.2, -0.15) is 4.98 Å². The fourth-order valence-electron chi connectivity index (χ4n) is 2.41. The van der Waals surface area contributed by atoms with Crippen LogP contribution in [0.2, 0.25) is 0 Å². The molecule has 0 fully saturated rings. The summed E-state index contributed by atoms with van der Waals surface area (Å²) < 4.78 is 15.6. The number of aromatic nitrogens is 2. The molecule has 2 N–H and O–H groups in total. The highest BCUT2D eigenvalue weighted by atomic mass is 35.5. The van der Waals surface area contributed by atoms with E-state index in [1.54, 1.807) is 33.4 Å². The molecule has 150 valence electrons. The van der Waals surface area contributed by atoms with Gasteiger partial charge in [-0.05, 0) is 17.7 Å². The molecule has 2 aromatic rings. The lowest BCUT2D eigenvalue weighted by Gasteiger charge is -2.19. The van der Waals surface area contributed by atoms with Crippen LogP contribution in [0.15, 0.2) is 22.7 Å². The average molecular weight is 399 g/mol. The number of carbonyl (C=O) groups is 1. The first kappa shape index (κ1) is 22.7. The van der Waals surface area contributed by atoms with Crippen LogP contribution < -0.4 is 15.2 Å². The fraction of sp³-hybridized carbons (Fsp3) is 0.500. The molecule has 0 saturated heterocycles. The van der Waals surface area contributed by atoms with Crippen molar-refractivity contribution in [2.24, 2.45) is 5.73 Å². The van der Waals surface area contributed by atoms with E-state index in [9.17, 15) is 4.79 Å². The van der Waals surface area contributed by atoms with E-state index in [0.29, 0.717) is 23.2 Å². The summed E-state index contributed by atoms with van der Waals surface area (Å²) in [6.45, 7) is 4.20. The predicted molar refractivity (Wildman–Crippen MR) is 103 cm³/mol. The SMILES string of the molecule is COc1ccc(C(N)CC(=O)N(C)Cc2noc(C(C)C)n2)cc1OC.Cl. The second-order valence-corrected chi connectivity index (χ2v) is 6.38. The number of ether oxygens (including phenoxy) is 2. The van der Waals surface area contributed by atoms with E-state index in [4.69, 9.17) is 19.7 Å². The highest BCUT2D eigenvalue weighted by Gasteiger charge is 2.19. The van der Waals surface area contributed by atoms with Gasteiger partial charge in [0.1, 0.15) is 0 Å². The van der Waals surface area contributed by atoms with Crippen LogP contribution in [0.1, 0.15) is 49.5 Å². The second kappa shape index (κ2) is 10.1. The monoisotopic (exact) mass is 398 g/mol. The molecular weight excluding hydrogens is 372 g/mol. The van der Waals surface area contributed by atoms with Gasteiger partial charge in [0, 0.05) is 25.4 Å². The molecule has 1 amide bonds. The van der Waals surface area contributed by atoms with Crippen LogP contribution >= 0.6 is 12.4 Å². The van der Waals surface area contributed by atoms with Gasteiger partial charge in [0.25, 0.3) is 0 Å². The molecule has 8 nitrogen and oxygen atoms in total. The van der Waals surface area contributed by atoms with Crippen molar-refractivity contribution in [1.82, 2.24) is 15.0 Å². The van der Waals surface area contributed by atoms with E-state index in [1.165, 1.54) is 4.90 Å². The minimum Gasteiger partial charge on any atom is -0.493 e. The molecule has 0 spiro atoms. The van der Waals surface area contributed by atoms with Gasteiger partial charge in [-0.1, -0.05) is 25.1 Å². The normalized spacial score (nSPS) is 11.7. The molecule has 1 unspecified atom stereocenters. The maximum Gasteiger partial charge on any atom is 0.229 e. The Kier molecular flexibility index (Phi) is 8.52. The molecular formula is C18H27ClN4O4. The number of amides is 1. The van der Waals surface area contributed by atoms with Crippen molar-refractivity contribution in [2.75, 3.05) is 21.3 Å². The van der Waals surface area contributed by atoms with Crippen LogP contribution in [0.5, 0.6) is 11.5 Å². The van der Waals surface area contributed by atoms with E-state index in [-0.39, 0.29) is 37.2 Å². The summed E-state index contributed by atoms with van der Waals surface area (Å²) in [6, 6.07) is 4.93. The number of nitrogens with two attached hydrogens (primary N) is 1. The largest absolute Gasteiger partial charge is 0.493 e. The Hall–Kier alpha value is -2.32. The van der Waals surface area contributed by atoms with Crippen molar-refractivity contribution in [3.8, 4) is 11.5 Å². The van der Waals surface area contributed by atoms with Crippen molar-refractivity contribution >= 4 is 18.3 Å². The van der Waals surface area contributed by atoms with Crippen LogP contribution in [0, 0.1) is 0 Å². The second-order valence-electron chi connectivity index (χ2n) is 6.38. The Labute approximate surface area is 165 Å². The minimum atomic E-state index is -0.457. The van der Waals surface area contributed by atoms with Gasteiger partial charge in [0.2, 0.25) is 11.8 Å². The zero-order valence-electron chi connectivity index (χ0n) is 16.3.